The average Bonchev–Trinajstić information content (AvgIpc) is 3.61. The lowest BCUT2D eigenvalue weighted by Gasteiger charge is -2.15. The first-order chi connectivity index (χ1) is 17.2. The summed E-state index contributed by atoms with van der Waals surface area (Å²) in [5.41, 5.74) is 3.97. The fourth-order valence-corrected chi connectivity index (χ4v) is 6.12. The van der Waals surface area contributed by atoms with Gasteiger partial charge in [0.1, 0.15) is 11.2 Å². The number of nitrogens with zero attached hydrogens (tertiary/aromatic N) is 3. The van der Waals surface area contributed by atoms with E-state index in [2.05, 4.69) is 0 Å². The summed E-state index contributed by atoms with van der Waals surface area (Å²) in [6, 6.07) is 16.1. The van der Waals surface area contributed by atoms with Crippen LogP contribution in [-0.2, 0) is 23.1 Å². The number of sulfonamides is 1. The summed E-state index contributed by atoms with van der Waals surface area (Å²) in [5.74, 6) is -1.25. The van der Waals surface area contributed by atoms with Gasteiger partial charge < -0.3 is 9.67 Å². The molecule has 0 unspecified atom stereocenters. The highest BCUT2D eigenvalue weighted by atomic mass is 32.2. The highest BCUT2D eigenvalue weighted by Crippen LogP contribution is 2.37. The number of pyridine rings is 2. The van der Waals surface area contributed by atoms with Crippen molar-refractivity contribution >= 4 is 27.0 Å². The number of hydrogen-bond donors (Lipinski definition) is 1. The Morgan fingerprint density at radius 3 is 2.42 bits per heavy atom. The Morgan fingerprint density at radius 2 is 1.72 bits per heavy atom. The van der Waals surface area contributed by atoms with Crippen molar-refractivity contribution in [3.05, 3.63) is 93.3 Å². The van der Waals surface area contributed by atoms with Gasteiger partial charge in [0.15, 0.2) is 0 Å². The van der Waals surface area contributed by atoms with E-state index in [-0.39, 0.29) is 28.4 Å². The maximum atomic E-state index is 13.2. The van der Waals surface area contributed by atoms with E-state index in [1.54, 1.807) is 41.0 Å². The number of aromatic nitrogens is 2. The number of carbonyl (C=O) groups is 1. The third kappa shape index (κ3) is 3.71. The van der Waals surface area contributed by atoms with Crippen LogP contribution in [0.25, 0.3) is 22.3 Å². The van der Waals surface area contributed by atoms with Crippen LogP contribution in [0.1, 0.15) is 45.9 Å². The summed E-state index contributed by atoms with van der Waals surface area (Å²) in [6.45, 7) is 2.48. The van der Waals surface area contributed by atoms with Crippen LogP contribution >= 0.6 is 0 Å². The molecule has 9 heteroatoms. The molecule has 36 heavy (non-hydrogen) atoms. The van der Waals surface area contributed by atoms with Crippen LogP contribution < -0.4 is 5.43 Å². The first-order valence-corrected chi connectivity index (χ1v) is 13.1. The molecule has 1 fully saturated rings. The van der Waals surface area contributed by atoms with Crippen molar-refractivity contribution in [1.29, 1.82) is 0 Å². The lowest BCUT2D eigenvalue weighted by molar-refractivity contribution is 0.0695. The summed E-state index contributed by atoms with van der Waals surface area (Å²) in [6.07, 6.45) is 3.22. The predicted molar refractivity (Wildman–Crippen MR) is 134 cm³/mol. The van der Waals surface area contributed by atoms with Gasteiger partial charge in [0.05, 0.1) is 16.0 Å². The number of hydrogen-bond acceptors (Lipinski definition) is 5. The molecule has 0 bridgehead atoms. The number of benzene rings is 2. The topological polar surface area (TPSA) is 110 Å². The van der Waals surface area contributed by atoms with Crippen LogP contribution in [-0.4, -0.2) is 33.3 Å². The van der Waals surface area contributed by atoms with Gasteiger partial charge in [-0.2, -0.15) is 4.31 Å². The normalized spacial score (nSPS) is 15.8. The first-order valence-electron chi connectivity index (χ1n) is 11.7. The quantitative estimate of drug-likeness (QED) is 0.441. The summed E-state index contributed by atoms with van der Waals surface area (Å²) in [4.78, 5) is 29.3. The van der Waals surface area contributed by atoms with E-state index < -0.39 is 21.4 Å². The maximum absolute atomic E-state index is 13.2. The second kappa shape index (κ2) is 8.11. The summed E-state index contributed by atoms with van der Waals surface area (Å²) in [5, 5.41) is 9.74. The highest BCUT2D eigenvalue weighted by molar-refractivity contribution is 7.89. The van der Waals surface area contributed by atoms with Gasteiger partial charge in [0.2, 0.25) is 15.5 Å². The van der Waals surface area contributed by atoms with Crippen molar-refractivity contribution < 1.29 is 18.3 Å². The largest absolute Gasteiger partial charge is 0.477 e. The van der Waals surface area contributed by atoms with Crippen molar-refractivity contribution in [3.8, 4) is 11.3 Å². The number of carboxylic acid groups (broad SMARTS) is 1. The van der Waals surface area contributed by atoms with Crippen LogP contribution in [0.5, 0.6) is 0 Å². The second-order valence-electron chi connectivity index (χ2n) is 9.45. The third-order valence-electron chi connectivity index (χ3n) is 6.90. The minimum atomic E-state index is -3.62. The van der Waals surface area contributed by atoms with Crippen molar-refractivity contribution in [2.24, 2.45) is 0 Å². The van der Waals surface area contributed by atoms with E-state index in [4.69, 9.17) is 4.98 Å². The molecule has 1 saturated carbocycles. The molecule has 2 aliphatic rings. The van der Waals surface area contributed by atoms with Gasteiger partial charge in [-0.3, -0.25) is 4.79 Å². The van der Waals surface area contributed by atoms with Crippen LogP contribution in [0, 0.1) is 6.92 Å². The van der Waals surface area contributed by atoms with Gasteiger partial charge >= 0.3 is 5.97 Å². The molecule has 0 spiro atoms. The van der Waals surface area contributed by atoms with Crippen molar-refractivity contribution in [2.75, 3.05) is 0 Å². The number of rotatable bonds is 5. The third-order valence-corrected chi connectivity index (χ3v) is 8.71. The van der Waals surface area contributed by atoms with E-state index in [0.29, 0.717) is 17.9 Å². The van der Waals surface area contributed by atoms with Crippen molar-refractivity contribution in [3.63, 3.8) is 0 Å². The summed E-state index contributed by atoms with van der Waals surface area (Å²) >= 11 is 0. The Bertz CT molecular complexity index is 1720. The molecule has 4 aromatic rings. The van der Waals surface area contributed by atoms with Crippen LogP contribution in [0.15, 0.2) is 70.5 Å². The first kappa shape index (κ1) is 22.6. The van der Waals surface area contributed by atoms with E-state index in [9.17, 15) is 23.1 Å². The molecule has 2 aromatic heterocycles. The molecular weight excluding hydrogens is 478 g/mol. The molecular formula is C27H23N3O5S. The summed E-state index contributed by atoms with van der Waals surface area (Å²) < 4.78 is 29.6. The standard InChI is InChI=1S/C27H23N3O5S/c1-16-2-8-21(9-3-16)36(34,35)29-13-18-5-4-17(12-19(18)14-29)24-11-10-22-25(31)23(27(32)33)15-30(20-6-7-20)26(22)28-24/h2-5,8-12,15,20H,6-7,13-14H2,1H3,(H,32,33). The molecule has 8 nitrogen and oxygen atoms in total. The zero-order chi connectivity index (χ0) is 25.2. The van der Waals surface area contributed by atoms with E-state index in [1.165, 1.54) is 10.5 Å². The molecule has 6 rings (SSSR count). The van der Waals surface area contributed by atoms with E-state index in [0.717, 1.165) is 35.1 Å². The smallest absolute Gasteiger partial charge is 0.341 e. The Labute approximate surface area is 207 Å². The molecule has 0 amide bonds. The van der Waals surface area contributed by atoms with Gasteiger partial charge in [-0.25, -0.2) is 18.2 Å². The number of aryl methyl sites for hydroxylation is 1. The molecule has 1 N–H and O–H groups in total. The average molecular weight is 502 g/mol. The SMILES string of the molecule is Cc1ccc(S(=O)(=O)N2Cc3ccc(-c4ccc5c(=O)c(C(=O)O)cn(C6CC6)c5n4)cc3C2)cc1. The Hall–Kier alpha value is -3.82. The van der Waals surface area contributed by atoms with Crippen LogP contribution in [0.4, 0.5) is 0 Å². The molecule has 182 valence electrons. The summed E-state index contributed by atoms with van der Waals surface area (Å²) in [7, 11) is -3.62. The maximum Gasteiger partial charge on any atom is 0.341 e. The van der Waals surface area contributed by atoms with Gasteiger partial charge in [-0.15, -0.1) is 0 Å². The Kier molecular flexibility index (Phi) is 5.10. The van der Waals surface area contributed by atoms with Gasteiger partial charge in [-0.1, -0.05) is 29.8 Å². The Balaban J connectivity index is 1.37. The molecule has 2 aromatic carbocycles. The van der Waals surface area contributed by atoms with E-state index in [1.807, 2.05) is 25.1 Å². The van der Waals surface area contributed by atoms with Crippen LogP contribution in [0.3, 0.4) is 0 Å². The lowest BCUT2D eigenvalue weighted by Crippen LogP contribution is -2.25. The van der Waals surface area contributed by atoms with Gasteiger partial charge in [0.25, 0.3) is 0 Å². The fourth-order valence-electron chi connectivity index (χ4n) is 4.72. The monoisotopic (exact) mass is 501 g/mol. The molecule has 0 radical (unpaired) electrons. The minimum Gasteiger partial charge on any atom is -0.477 e. The zero-order valence-electron chi connectivity index (χ0n) is 19.5. The van der Waals surface area contributed by atoms with Crippen molar-refractivity contribution in [2.45, 2.75) is 43.8 Å². The molecule has 1 aliphatic carbocycles. The zero-order valence-corrected chi connectivity index (χ0v) is 20.3. The molecule has 3 heterocycles. The van der Waals surface area contributed by atoms with E-state index >= 15 is 0 Å². The molecule has 0 saturated heterocycles. The second-order valence-corrected chi connectivity index (χ2v) is 11.4. The number of fused-ring (bicyclic) bond motifs is 2. The van der Waals surface area contributed by atoms with Crippen molar-refractivity contribution in [1.82, 2.24) is 13.9 Å². The molecule has 0 atom stereocenters. The van der Waals surface area contributed by atoms with Gasteiger partial charge in [-0.05, 0) is 61.2 Å². The fraction of sp³-hybridized carbons (Fsp3) is 0.222. The number of carboxylic acids is 1. The van der Waals surface area contributed by atoms with Gasteiger partial charge in [0, 0.05) is 30.9 Å². The van der Waals surface area contributed by atoms with Crippen LogP contribution in [0.2, 0.25) is 0 Å². The predicted octanol–water partition coefficient (Wildman–Crippen LogP) is 4.11. The highest BCUT2D eigenvalue weighted by Gasteiger charge is 2.31. The lowest BCUT2D eigenvalue weighted by atomic mass is 10.0. The Morgan fingerprint density at radius 1 is 1.00 bits per heavy atom. The minimum absolute atomic E-state index is 0.134. The number of aromatic carboxylic acids is 1. The molecule has 1 aliphatic heterocycles.